The smallest absolute Gasteiger partial charge is 0.132 e. The fourth-order valence-corrected chi connectivity index (χ4v) is 2.54. The summed E-state index contributed by atoms with van der Waals surface area (Å²) < 4.78 is 0. The third-order valence-electron chi connectivity index (χ3n) is 3.65. The Morgan fingerprint density at radius 2 is 2.05 bits per heavy atom. The van der Waals surface area contributed by atoms with Crippen molar-refractivity contribution >= 4 is 16.8 Å². The van der Waals surface area contributed by atoms with Gasteiger partial charge in [0, 0.05) is 19.9 Å². The summed E-state index contributed by atoms with van der Waals surface area (Å²) in [7, 11) is 1.84. The summed E-state index contributed by atoms with van der Waals surface area (Å²) in [6.07, 6.45) is 3.17. The van der Waals surface area contributed by atoms with Crippen molar-refractivity contribution < 1.29 is 4.79 Å². The van der Waals surface area contributed by atoms with Crippen LogP contribution >= 0.6 is 0 Å². The van der Waals surface area contributed by atoms with Crippen LogP contribution in [0.1, 0.15) is 42.9 Å². The molecule has 0 fully saturated rings. The highest BCUT2D eigenvalue weighted by Crippen LogP contribution is 2.24. The lowest BCUT2D eigenvalue weighted by atomic mass is 9.96. The largest absolute Gasteiger partial charge is 0.300 e. The van der Waals surface area contributed by atoms with E-state index in [9.17, 15) is 4.79 Å². The maximum absolute atomic E-state index is 11.4. The van der Waals surface area contributed by atoms with Gasteiger partial charge in [-0.05, 0) is 49.4 Å². The van der Waals surface area contributed by atoms with Crippen LogP contribution in [0.15, 0.2) is 6.07 Å². The van der Waals surface area contributed by atoms with Crippen LogP contribution in [0.3, 0.4) is 0 Å². The molecule has 0 unspecified atom stereocenters. The van der Waals surface area contributed by atoms with Crippen molar-refractivity contribution in [2.75, 3.05) is 0 Å². The van der Waals surface area contributed by atoms with Crippen molar-refractivity contribution in [2.45, 2.75) is 46.5 Å². The highest BCUT2D eigenvalue weighted by molar-refractivity contribution is 5.80. The number of ketones is 1. The summed E-state index contributed by atoms with van der Waals surface area (Å²) in [5.74, 6) is 0.343. The second kappa shape index (κ2) is 5.51. The van der Waals surface area contributed by atoms with E-state index >= 15 is 0 Å². The third-order valence-corrected chi connectivity index (χ3v) is 3.65. The van der Waals surface area contributed by atoms with Gasteiger partial charge >= 0.3 is 0 Å². The normalized spacial score (nSPS) is 11.2. The molecule has 0 spiro atoms. The highest BCUT2D eigenvalue weighted by atomic mass is 16.1. The number of aromatic nitrogens is 3. The lowest BCUT2D eigenvalue weighted by Gasteiger charge is -2.09. The molecular formula is C15H21N3O. The summed E-state index contributed by atoms with van der Waals surface area (Å²) in [6, 6.07) is 2.09. The predicted molar refractivity (Wildman–Crippen MR) is 76.2 cm³/mol. The number of fused-ring (bicyclic) bond motifs is 1. The minimum absolute atomic E-state index is 0.343. The second-order valence-corrected chi connectivity index (χ2v) is 5.10. The molecule has 4 nitrogen and oxygen atoms in total. The molecule has 1 aromatic carbocycles. The molecule has 1 heterocycles. The lowest BCUT2D eigenvalue weighted by molar-refractivity contribution is -0.118. The summed E-state index contributed by atoms with van der Waals surface area (Å²) in [5.41, 5.74) is 5.69. The number of aryl methyl sites for hydroxylation is 3. The van der Waals surface area contributed by atoms with Crippen molar-refractivity contribution in [2.24, 2.45) is 7.05 Å². The number of carbonyl (C=O) groups excluding carboxylic acids is 1. The fraction of sp³-hybridized carbons (Fsp3) is 0.533. The van der Waals surface area contributed by atoms with E-state index in [2.05, 4.69) is 30.1 Å². The molecule has 4 heteroatoms. The summed E-state index contributed by atoms with van der Waals surface area (Å²) >= 11 is 0. The Balaban J connectivity index is 2.24. The van der Waals surface area contributed by atoms with E-state index in [0.717, 1.165) is 23.9 Å². The van der Waals surface area contributed by atoms with Crippen LogP contribution in [0.25, 0.3) is 11.0 Å². The van der Waals surface area contributed by atoms with Gasteiger partial charge in [-0.1, -0.05) is 6.92 Å². The highest BCUT2D eigenvalue weighted by Gasteiger charge is 2.11. The van der Waals surface area contributed by atoms with Gasteiger partial charge in [0.2, 0.25) is 0 Å². The first kappa shape index (κ1) is 13.7. The van der Waals surface area contributed by atoms with E-state index in [-0.39, 0.29) is 0 Å². The molecule has 0 N–H and O–H groups in total. The van der Waals surface area contributed by atoms with Gasteiger partial charge in [-0.2, -0.15) is 15.0 Å². The number of benzene rings is 1. The Labute approximate surface area is 113 Å². The number of nitrogens with zero attached hydrogens (tertiary/aromatic N) is 3. The Hall–Kier alpha value is -1.71. The molecule has 0 aliphatic heterocycles. The molecule has 19 heavy (non-hydrogen) atoms. The van der Waals surface area contributed by atoms with Crippen LogP contribution in [0.2, 0.25) is 0 Å². The average molecular weight is 259 g/mol. The Kier molecular flexibility index (Phi) is 3.98. The van der Waals surface area contributed by atoms with Crippen LogP contribution in [-0.4, -0.2) is 20.8 Å². The zero-order chi connectivity index (χ0) is 14.0. The second-order valence-electron chi connectivity index (χ2n) is 5.10. The Bertz CT molecular complexity index is 613. The van der Waals surface area contributed by atoms with Gasteiger partial charge in [-0.25, -0.2) is 0 Å². The molecule has 0 aliphatic rings. The van der Waals surface area contributed by atoms with Crippen molar-refractivity contribution in [3.8, 4) is 0 Å². The first-order valence-corrected chi connectivity index (χ1v) is 6.84. The van der Waals surface area contributed by atoms with Gasteiger partial charge in [0.25, 0.3) is 0 Å². The third kappa shape index (κ3) is 2.83. The van der Waals surface area contributed by atoms with Gasteiger partial charge in [0.15, 0.2) is 0 Å². The number of rotatable bonds is 5. The van der Waals surface area contributed by atoms with E-state index in [0.29, 0.717) is 18.6 Å². The number of Topliss-reactive ketones (excluding diaryl/α,β-unsaturated/α-hetero) is 1. The minimum Gasteiger partial charge on any atom is -0.300 e. The first-order chi connectivity index (χ1) is 9.02. The van der Waals surface area contributed by atoms with Crippen LogP contribution < -0.4 is 0 Å². The summed E-state index contributed by atoms with van der Waals surface area (Å²) in [5, 5.41) is 8.76. The topological polar surface area (TPSA) is 47.8 Å². The molecule has 0 radical (unpaired) electrons. The fourth-order valence-electron chi connectivity index (χ4n) is 2.54. The van der Waals surface area contributed by atoms with Crippen molar-refractivity contribution in [3.63, 3.8) is 0 Å². The molecule has 1 aromatic heterocycles. The monoisotopic (exact) mass is 259 g/mol. The average Bonchev–Trinajstić information content (AvgIpc) is 2.73. The van der Waals surface area contributed by atoms with Gasteiger partial charge in [0.05, 0.1) is 0 Å². The first-order valence-electron chi connectivity index (χ1n) is 6.84. The zero-order valence-corrected chi connectivity index (χ0v) is 12.2. The zero-order valence-electron chi connectivity index (χ0n) is 12.2. The van der Waals surface area contributed by atoms with Crippen LogP contribution in [0.5, 0.6) is 0 Å². The van der Waals surface area contributed by atoms with Crippen molar-refractivity contribution in [3.05, 3.63) is 22.8 Å². The van der Waals surface area contributed by atoms with Crippen LogP contribution in [0.4, 0.5) is 0 Å². The maximum Gasteiger partial charge on any atom is 0.132 e. The quantitative estimate of drug-likeness (QED) is 0.829. The summed E-state index contributed by atoms with van der Waals surface area (Å²) in [6.45, 7) is 6.13. The molecule has 0 saturated carbocycles. The maximum atomic E-state index is 11.4. The van der Waals surface area contributed by atoms with E-state index in [1.165, 1.54) is 16.7 Å². The number of hydrogen-bond donors (Lipinski definition) is 0. The molecule has 0 saturated heterocycles. The van der Waals surface area contributed by atoms with Crippen molar-refractivity contribution in [1.82, 2.24) is 15.0 Å². The SMILES string of the molecule is CCC(=O)CCCc1c(C)cc2nn(C)nc2c1C. The Morgan fingerprint density at radius 3 is 2.74 bits per heavy atom. The molecule has 0 atom stereocenters. The lowest BCUT2D eigenvalue weighted by Crippen LogP contribution is -2.00. The van der Waals surface area contributed by atoms with Gasteiger partial charge in [-0.3, -0.25) is 4.79 Å². The molecule has 2 rings (SSSR count). The van der Waals surface area contributed by atoms with E-state index in [1.54, 1.807) is 4.80 Å². The van der Waals surface area contributed by atoms with E-state index in [4.69, 9.17) is 0 Å². The number of hydrogen-bond acceptors (Lipinski definition) is 3. The van der Waals surface area contributed by atoms with Gasteiger partial charge in [-0.15, -0.1) is 0 Å². The van der Waals surface area contributed by atoms with Crippen LogP contribution in [0, 0.1) is 13.8 Å². The van der Waals surface area contributed by atoms with Crippen LogP contribution in [-0.2, 0) is 18.3 Å². The Morgan fingerprint density at radius 1 is 1.32 bits per heavy atom. The van der Waals surface area contributed by atoms with E-state index in [1.807, 2.05) is 14.0 Å². The predicted octanol–water partition coefficient (Wildman–Crippen LogP) is 2.89. The minimum atomic E-state index is 0.343. The molecular weight excluding hydrogens is 238 g/mol. The van der Waals surface area contributed by atoms with Gasteiger partial charge in [0.1, 0.15) is 16.8 Å². The van der Waals surface area contributed by atoms with Crippen molar-refractivity contribution in [1.29, 1.82) is 0 Å². The number of carbonyl (C=O) groups is 1. The standard InChI is InChI=1S/C15H21N3O/c1-5-12(19)7-6-8-13-10(2)9-14-15(11(13)3)17-18(4)16-14/h9H,5-8H2,1-4H3. The molecule has 0 aliphatic carbocycles. The van der Waals surface area contributed by atoms with E-state index < -0.39 is 0 Å². The molecule has 2 aromatic rings. The molecule has 102 valence electrons. The molecule has 0 amide bonds. The molecule has 0 bridgehead atoms. The summed E-state index contributed by atoms with van der Waals surface area (Å²) in [4.78, 5) is 13.0. The van der Waals surface area contributed by atoms with Gasteiger partial charge < -0.3 is 0 Å².